The van der Waals surface area contributed by atoms with Gasteiger partial charge in [0.25, 0.3) is 0 Å². The second-order valence-electron chi connectivity index (χ2n) is 10.3. The molecule has 5 unspecified atom stereocenters. The number of aliphatic hydroxyl groups is 1. The summed E-state index contributed by atoms with van der Waals surface area (Å²) in [7, 11) is 0. The summed E-state index contributed by atoms with van der Waals surface area (Å²) in [5, 5.41) is 20.0. The zero-order valence-electron chi connectivity index (χ0n) is 20.1. The monoisotopic (exact) mass is 402 g/mol. The van der Waals surface area contributed by atoms with Crippen LogP contribution in [-0.2, 0) is 6.42 Å². The van der Waals surface area contributed by atoms with E-state index in [1.54, 1.807) is 0 Å². The molecule has 2 fully saturated rings. The molecule has 1 aromatic carbocycles. The molecule has 2 nitrogen and oxygen atoms in total. The van der Waals surface area contributed by atoms with Crippen LogP contribution in [0.15, 0.2) is 18.2 Å². The molecule has 3 aliphatic rings. The summed E-state index contributed by atoms with van der Waals surface area (Å²) < 4.78 is 0. The lowest BCUT2D eigenvalue weighted by Crippen LogP contribution is -2.43. The molecule has 2 saturated carbocycles. The molecule has 0 amide bonds. The van der Waals surface area contributed by atoms with Crippen molar-refractivity contribution in [2.24, 2.45) is 22.7 Å². The van der Waals surface area contributed by atoms with Crippen molar-refractivity contribution >= 4 is 0 Å². The minimum Gasteiger partial charge on any atom is -0.508 e. The highest BCUT2D eigenvalue weighted by atomic mass is 16.3. The lowest BCUT2D eigenvalue weighted by molar-refractivity contribution is -0.0226. The van der Waals surface area contributed by atoms with E-state index in [-0.39, 0.29) is 11.5 Å². The number of fused-ring (bicyclic) bond motifs is 5. The summed E-state index contributed by atoms with van der Waals surface area (Å²) in [4.78, 5) is 0. The lowest BCUT2D eigenvalue weighted by Gasteiger charge is -2.50. The van der Waals surface area contributed by atoms with Crippen molar-refractivity contribution in [3.8, 4) is 5.75 Å². The smallest absolute Gasteiger partial charge is 0.115 e. The van der Waals surface area contributed by atoms with Crippen molar-refractivity contribution in [3.05, 3.63) is 29.3 Å². The van der Waals surface area contributed by atoms with Crippen LogP contribution in [0.25, 0.3) is 0 Å². The summed E-state index contributed by atoms with van der Waals surface area (Å²) >= 11 is 0. The van der Waals surface area contributed by atoms with Crippen LogP contribution >= 0.6 is 0 Å². The maximum absolute atomic E-state index is 10.4. The molecule has 0 bridgehead atoms. The molecule has 0 spiro atoms. The van der Waals surface area contributed by atoms with Crippen LogP contribution in [0.4, 0.5) is 0 Å². The van der Waals surface area contributed by atoms with Crippen LogP contribution in [0, 0.1) is 22.7 Å². The van der Waals surface area contributed by atoms with Gasteiger partial charge in [-0.15, -0.1) is 0 Å². The van der Waals surface area contributed by atoms with Gasteiger partial charge in [-0.3, -0.25) is 0 Å². The Morgan fingerprint density at radius 2 is 1.69 bits per heavy atom. The second-order valence-corrected chi connectivity index (χ2v) is 10.3. The highest BCUT2D eigenvalue weighted by molar-refractivity contribution is 5.40. The SMILES string of the molecule is CC.CC12CCC3c4ccc(O)cc4CCC3C1CCC2O.CCC(C)(C)CC. The Labute approximate surface area is 180 Å². The fraction of sp³-hybridized carbons (Fsp3) is 0.778. The molecule has 0 saturated heterocycles. The van der Waals surface area contributed by atoms with Gasteiger partial charge in [0.2, 0.25) is 0 Å². The largest absolute Gasteiger partial charge is 0.508 e. The van der Waals surface area contributed by atoms with Gasteiger partial charge in [0, 0.05) is 0 Å². The predicted octanol–water partition coefficient (Wildman–Crippen LogP) is 7.47. The average molecular weight is 403 g/mol. The van der Waals surface area contributed by atoms with Gasteiger partial charge in [0.05, 0.1) is 6.10 Å². The van der Waals surface area contributed by atoms with Gasteiger partial charge in [-0.25, -0.2) is 0 Å². The molecule has 3 aliphatic carbocycles. The van der Waals surface area contributed by atoms with Crippen LogP contribution in [0.2, 0.25) is 0 Å². The molecule has 0 radical (unpaired) electrons. The van der Waals surface area contributed by atoms with Crippen molar-refractivity contribution < 1.29 is 10.2 Å². The number of rotatable bonds is 2. The van der Waals surface area contributed by atoms with Crippen LogP contribution in [0.3, 0.4) is 0 Å². The van der Waals surface area contributed by atoms with Gasteiger partial charge in [-0.1, -0.05) is 67.4 Å². The molecule has 0 aromatic heterocycles. The van der Waals surface area contributed by atoms with Gasteiger partial charge in [0.1, 0.15) is 5.75 Å². The number of benzene rings is 1. The second kappa shape index (κ2) is 9.86. The fourth-order valence-electron chi connectivity index (χ4n) is 5.79. The van der Waals surface area contributed by atoms with Gasteiger partial charge in [0.15, 0.2) is 0 Å². The van der Waals surface area contributed by atoms with Crippen LogP contribution < -0.4 is 0 Å². The van der Waals surface area contributed by atoms with Gasteiger partial charge >= 0.3 is 0 Å². The van der Waals surface area contributed by atoms with Gasteiger partial charge in [-0.05, 0) is 90.4 Å². The minimum atomic E-state index is -0.0883. The quantitative estimate of drug-likeness (QED) is 0.538. The molecule has 2 N–H and O–H groups in total. The molecule has 5 atom stereocenters. The zero-order chi connectivity index (χ0) is 21.8. The Morgan fingerprint density at radius 1 is 1.03 bits per heavy atom. The average Bonchev–Trinajstić information content (AvgIpc) is 3.04. The Kier molecular flexibility index (Phi) is 8.24. The molecular formula is C27H46O2. The Hall–Kier alpha value is -1.02. The lowest BCUT2D eigenvalue weighted by atomic mass is 9.55. The Morgan fingerprint density at radius 3 is 2.28 bits per heavy atom. The molecule has 0 aliphatic heterocycles. The van der Waals surface area contributed by atoms with Crippen LogP contribution in [0.1, 0.15) is 110 Å². The maximum atomic E-state index is 10.4. The van der Waals surface area contributed by atoms with Crippen LogP contribution in [-0.4, -0.2) is 16.3 Å². The number of aryl methyl sites for hydroxylation is 1. The van der Waals surface area contributed by atoms with E-state index in [1.165, 1.54) is 43.2 Å². The number of hydrogen-bond acceptors (Lipinski definition) is 2. The summed E-state index contributed by atoms with van der Waals surface area (Å²) in [5.41, 5.74) is 3.58. The highest BCUT2D eigenvalue weighted by Crippen LogP contribution is 2.60. The first-order valence-corrected chi connectivity index (χ1v) is 12.2. The number of phenols is 1. The van der Waals surface area contributed by atoms with E-state index in [9.17, 15) is 10.2 Å². The first-order chi connectivity index (χ1) is 13.7. The van der Waals surface area contributed by atoms with E-state index in [2.05, 4.69) is 40.7 Å². The van der Waals surface area contributed by atoms with Gasteiger partial charge < -0.3 is 10.2 Å². The van der Waals surface area contributed by atoms with E-state index < -0.39 is 0 Å². The molecule has 2 heteroatoms. The Bertz CT molecular complexity index is 644. The normalized spacial score (nSPS) is 32.6. The van der Waals surface area contributed by atoms with Gasteiger partial charge in [-0.2, -0.15) is 0 Å². The molecule has 29 heavy (non-hydrogen) atoms. The van der Waals surface area contributed by atoms with E-state index in [0.717, 1.165) is 25.2 Å². The number of phenolic OH excluding ortho intramolecular Hbond substituents is 1. The first kappa shape index (κ1) is 24.3. The highest BCUT2D eigenvalue weighted by Gasteiger charge is 2.54. The summed E-state index contributed by atoms with van der Waals surface area (Å²) in [5.74, 6) is 2.49. The van der Waals surface area contributed by atoms with E-state index in [1.807, 2.05) is 26.0 Å². The standard InChI is InChI=1S/C18H24O2.C7H16.C2H6/c1-18-9-8-14-13-5-3-12(19)10-11(13)2-4-15(14)16(18)6-7-17(18)20;1-5-7(3,4)6-2;1-2/h3,5,10,14-17,19-20H,2,4,6-9H2,1H3;5-6H2,1-4H3;1-2H3. The van der Waals surface area contributed by atoms with Crippen molar-refractivity contribution in [1.82, 2.24) is 0 Å². The topological polar surface area (TPSA) is 40.5 Å². The number of aromatic hydroxyl groups is 1. The van der Waals surface area contributed by atoms with E-state index >= 15 is 0 Å². The number of hydrogen-bond donors (Lipinski definition) is 2. The first-order valence-electron chi connectivity index (χ1n) is 12.2. The van der Waals surface area contributed by atoms with Crippen molar-refractivity contribution in [1.29, 1.82) is 0 Å². The van der Waals surface area contributed by atoms with E-state index in [4.69, 9.17) is 0 Å². The summed E-state index contributed by atoms with van der Waals surface area (Å²) in [6, 6.07) is 5.96. The summed E-state index contributed by atoms with van der Waals surface area (Å²) in [6.07, 6.45) is 9.37. The molecule has 4 rings (SSSR count). The van der Waals surface area contributed by atoms with Crippen LogP contribution in [0.5, 0.6) is 5.75 Å². The summed E-state index contributed by atoms with van der Waals surface area (Å²) in [6.45, 7) is 15.4. The minimum absolute atomic E-state index is 0.0883. The van der Waals surface area contributed by atoms with Crippen molar-refractivity contribution in [2.75, 3.05) is 0 Å². The van der Waals surface area contributed by atoms with Crippen molar-refractivity contribution in [3.63, 3.8) is 0 Å². The predicted molar refractivity (Wildman–Crippen MR) is 124 cm³/mol. The zero-order valence-corrected chi connectivity index (χ0v) is 20.1. The van der Waals surface area contributed by atoms with Crippen molar-refractivity contribution in [2.45, 2.75) is 112 Å². The maximum Gasteiger partial charge on any atom is 0.115 e. The third-order valence-electron chi connectivity index (χ3n) is 8.57. The molecule has 0 heterocycles. The molecular weight excluding hydrogens is 356 g/mol. The molecule has 166 valence electrons. The third-order valence-corrected chi connectivity index (χ3v) is 8.57. The Balaban J connectivity index is 0.000000287. The number of aliphatic hydroxyl groups excluding tert-OH is 1. The van der Waals surface area contributed by atoms with E-state index in [0.29, 0.717) is 23.0 Å². The molecule has 1 aromatic rings. The fourth-order valence-corrected chi connectivity index (χ4v) is 5.79. The third kappa shape index (κ3) is 5.01.